The van der Waals surface area contributed by atoms with Gasteiger partial charge < -0.3 is 5.73 Å². The maximum atomic E-state index is 5.78. The van der Waals surface area contributed by atoms with Gasteiger partial charge in [0.05, 0.1) is 5.69 Å². The lowest BCUT2D eigenvalue weighted by Crippen LogP contribution is -2.21. The summed E-state index contributed by atoms with van der Waals surface area (Å²) in [5.41, 5.74) is 12.8. The predicted molar refractivity (Wildman–Crippen MR) is 91.0 cm³/mol. The van der Waals surface area contributed by atoms with Crippen molar-refractivity contribution in [1.82, 2.24) is 10.2 Å². The van der Waals surface area contributed by atoms with Crippen molar-refractivity contribution >= 4 is 28.9 Å². The molecule has 0 bridgehead atoms. The van der Waals surface area contributed by atoms with E-state index in [-0.39, 0.29) is 5.41 Å². The molecule has 0 unspecified atom stereocenters. The molecule has 0 saturated heterocycles. The van der Waals surface area contributed by atoms with Crippen molar-refractivity contribution in [1.29, 1.82) is 0 Å². The average Bonchev–Trinajstić information content (AvgIpc) is 2.83. The lowest BCUT2D eigenvalue weighted by Gasteiger charge is -2.32. The van der Waals surface area contributed by atoms with E-state index in [1.54, 1.807) is 0 Å². The van der Waals surface area contributed by atoms with E-state index >= 15 is 0 Å². The van der Waals surface area contributed by atoms with E-state index in [4.69, 9.17) is 18.0 Å². The summed E-state index contributed by atoms with van der Waals surface area (Å²) in [5.74, 6) is 0. The second-order valence-electron chi connectivity index (χ2n) is 6.31. The van der Waals surface area contributed by atoms with E-state index in [0.717, 1.165) is 17.7 Å². The molecule has 0 spiro atoms. The van der Waals surface area contributed by atoms with Crippen LogP contribution in [-0.4, -0.2) is 15.2 Å². The van der Waals surface area contributed by atoms with Gasteiger partial charge in [0.25, 0.3) is 0 Å². The fourth-order valence-electron chi connectivity index (χ4n) is 3.00. The molecular weight excluding hydrogens is 278 g/mol. The number of allylic oxidation sites excluding steroid dienone is 1. The van der Waals surface area contributed by atoms with Crippen LogP contribution in [0.5, 0.6) is 0 Å². The highest BCUT2D eigenvalue weighted by Gasteiger charge is 2.31. The van der Waals surface area contributed by atoms with E-state index in [1.165, 1.54) is 22.3 Å². The second-order valence-corrected chi connectivity index (χ2v) is 6.75. The highest BCUT2D eigenvalue weighted by Crippen LogP contribution is 2.44. The molecule has 2 aromatic rings. The van der Waals surface area contributed by atoms with Gasteiger partial charge in [-0.15, -0.1) is 0 Å². The molecule has 108 valence electrons. The van der Waals surface area contributed by atoms with Crippen LogP contribution in [0, 0.1) is 12.3 Å². The van der Waals surface area contributed by atoms with Crippen molar-refractivity contribution in [3.05, 3.63) is 52.3 Å². The van der Waals surface area contributed by atoms with Crippen LogP contribution in [0.3, 0.4) is 0 Å². The van der Waals surface area contributed by atoms with Crippen LogP contribution < -0.4 is 5.73 Å². The van der Waals surface area contributed by atoms with E-state index in [9.17, 15) is 0 Å². The topological polar surface area (TPSA) is 54.7 Å². The predicted octanol–water partition coefficient (Wildman–Crippen LogP) is 3.48. The third-order valence-corrected chi connectivity index (χ3v) is 4.44. The average molecular weight is 297 g/mol. The van der Waals surface area contributed by atoms with Gasteiger partial charge in [0.2, 0.25) is 0 Å². The zero-order chi connectivity index (χ0) is 15.2. The Morgan fingerprint density at radius 3 is 2.86 bits per heavy atom. The number of nitrogens with one attached hydrogen (secondary N) is 1. The quantitative estimate of drug-likeness (QED) is 0.834. The van der Waals surface area contributed by atoms with E-state index in [0.29, 0.717) is 4.99 Å². The number of hydrogen-bond acceptors (Lipinski definition) is 2. The molecule has 3 rings (SSSR count). The summed E-state index contributed by atoms with van der Waals surface area (Å²) in [4.78, 5) is 0.436. The van der Waals surface area contributed by atoms with Gasteiger partial charge in [-0.3, -0.25) is 5.10 Å². The van der Waals surface area contributed by atoms with Crippen molar-refractivity contribution in [2.45, 2.75) is 27.2 Å². The van der Waals surface area contributed by atoms with Crippen LogP contribution in [0.25, 0.3) is 11.6 Å². The molecule has 0 aliphatic heterocycles. The number of benzene rings is 1. The molecule has 1 aromatic carbocycles. The minimum absolute atomic E-state index is 0.0521. The van der Waals surface area contributed by atoms with Gasteiger partial charge in [-0.2, -0.15) is 5.10 Å². The molecule has 3 N–H and O–H groups in total. The zero-order valence-electron chi connectivity index (χ0n) is 12.5. The van der Waals surface area contributed by atoms with Gasteiger partial charge in [-0.1, -0.05) is 38.2 Å². The monoisotopic (exact) mass is 297 g/mol. The van der Waals surface area contributed by atoms with Crippen molar-refractivity contribution in [3.8, 4) is 0 Å². The molecule has 21 heavy (non-hydrogen) atoms. The molecular formula is C17H19N3S. The number of aryl methyl sites for hydroxylation is 1. The summed E-state index contributed by atoms with van der Waals surface area (Å²) >= 11 is 5.11. The summed E-state index contributed by atoms with van der Waals surface area (Å²) in [5, 5.41) is 7.29. The zero-order valence-corrected chi connectivity index (χ0v) is 13.3. The molecule has 0 saturated carbocycles. The molecule has 1 aliphatic rings. The van der Waals surface area contributed by atoms with Crippen LogP contribution in [0.4, 0.5) is 0 Å². The van der Waals surface area contributed by atoms with Gasteiger partial charge in [-0.05, 0) is 53.2 Å². The Labute approximate surface area is 130 Å². The highest BCUT2D eigenvalue weighted by molar-refractivity contribution is 7.80. The van der Waals surface area contributed by atoms with Gasteiger partial charge in [0.1, 0.15) is 4.99 Å². The number of nitrogens with zero attached hydrogens (tertiary/aromatic N) is 1. The first-order valence-electron chi connectivity index (χ1n) is 7.04. The first-order chi connectivity index (χ1) is 9.88. The maximum absolute atomic E-state index is 5.78. The van der Waals surface area contributed by atoms with E-state index < -0.39 is 0 Å². The molecule has 1 heterocycles. The smallest absolute Gasteiger partial charge is 0.104 e. The Balaban J connectivity index is 2.19. The first-order valence-corrected chi connectivity index (χ1v) is 7.45. The second kappa shape index (κ2) is 4.81. The van der Waals surface area contributed by atoms with Crippen molar-refractivity contribution in [3.63, 3.8) is 0 Å². The molecule has 0 radical (unpaired) electrons. The van der Waals surface area contributed by atoms with Crippen molar-refractivity contribution in [2.75, 3.05) is 0 Å². The molecule has 4 heteroatoms. The van der Waals surface area contributed by atoms with Crippen LogP contribution >= 0.6 is 12.2 Å². The number of fused-ring (bicyclic) bond motifs is 1. The fourth-order valence-corrected chi connectivity index (χ4v) is 3.13. The SMILES string of the molecule is Cc1ccc(C(N)=S)cc1C1=Cc2n[nH]cc2CC1(C)C. The third-order valence-electron chi connectivity index (χ3n) is 4.21. The summed E-state index contributed by atoms with van der Waals surface area (Å²) in [7, 11) is 0. The molecule has 0 amide bonds. The largest absolute Gasteiger partial charge is 0.389 e. The summed E-state index contributed by atoms with van der Waals surface area (Å²) in [6.07, 6.45) is 5.14. The molecule has 1 aliphatic carbocycles. The summed E-state index contributed by atoms with van der Waals surface area (Å²) in [6, 6.07) is 6.17. The Bertz CT molecular complexity index is 753. The number of nitrogens with two attached hydrogens (primary N) is 1. The minimum Gasteiger partial charge on any atom is -0.389 e. The van der Waals surface area contributed by atoms with Crippen LogP contribution in [0.2, 0.25) is 0 Å². The standard InChI is InChI=1S/C17H19N3S/c1-10-4-5-11(16(18)21)6-13(10)14-7-15-12(9-19-20-15)8-17(14,2)3/h4-7,9H,8H2,1-3H3,(H2,18,21)(H,19,20). The molecule has 1 aromatic heterocycles. The third kappa shape index (κ3) is 2.40. The van der Waals surface area contributed by atoms with Gasteiger partial charge >= 0.3 is 0 Å². The number of aromatic nitrogens is 2. The van der Waals surface area contributed by atoms with Crippen LogP contribution in [0.1, 0.15) is 41.8 Å². The lowest BCUT2D eigenvalue weighted by molar-refractivity contribution is 0.495. The Kier molecular flexibility index (Phi) is 3.21. The lowest BCUT2D eigenvalue weighted by atomic mass is 9.71. The van der Waals surface area contributed by atoms with Gasteiger partial charge in [-0.25, -0.2) is 0 Å². The summed E-state index contributed by atoms with van der Waals surface area (Å²) in [6.45, 7) is 6.65. The molecule has 0 fully saturated rings. The van der Waals surface area contributed by atoms with Crippen molar-refractivity contribution < 1.29 is 0 Å². The Hall–Kier alpha value is -1.94. The summed E-state index contributed by atoms with van der Waals surface area (Å²) < 4.78 is 0. The van der Waals surface area contributed by atoms with Crippen LogP contribution in [0.15, 0.2) is 24.4 Å². The molecule has 0 atom stereocenters. The minimum atomic E-state index is 0.0521. The number of aromatic amines is 1. The fraction of sp³-hybridized carbons (Fsp3) is 0.294. The highest BCUT2D eigenvalue weighted by atomic mass is 32.1. The van der Waals surface area contributed by atoms with Crippen molar-refractivity contribution in [2.24, 2.45) is 11.1 Å². The number of hydrogen-bond donors (Lipinski definition) is 2. The number of H-pyrrole nitrogens is 1. The van der Waals surface area contributed by atoms with E-state index in [2.05, 4.69) is 49.2 Å². The normalized spacial score (nSPS) is 16.2. The Morgan fingerprint density at radius 2 is 2.14 bits per heavy atom. The van der Waals surface area contributed by atoms with Gasteiger partial charge in [0.15, 0.2) is 0 Å². The van der Waals surface area contributed by atoms with E-state index in [1.807, 2.05) is 12.3 Å². The van der Waals surface area contributed by atoms with Gasteiger partial charge in [0, 0.05) is 11.8 Å². The number of thiocarbonyl (C=S) groups is 1. The Morgan fingerprint density at radius 1 is 1.38 bits per heavy atom. The first kappa shape index (κ1) is 14.0. The number of rotatable bonds is 2. The molecule has 3 nitrogen and oxygen atoms in total. The van der Waals surface area contributed by atoms with Crippen LogP contribution in [-0.2, 0) is 6.42 Å². The maximum Gasteiger partial charge on any atom is 0.104 e.